The zero-order valence-electron chi connectivity index (χ0n) is 44.2. The van der Waals surface area contributed by atoms with E-state index in [0.29, 0.717) is 19.3 Å². The molecule has 67 heavy (non-hydrogen) atoms. The van der Waals surface area contributed by atoms with Crippen LogP contribution in [0.15, 0.2) is 72.9 Å². The summed E-state index contributed by atoms with van der Waals surface area (Å²) in [6, 6.07) is 0. The van der Waals surface area contributed by atoms with Crippen molar-refractivity contribution in [2.24, 2.45) is 0 Å². The second-order valence-corrected chi connectivity index (χ2v) is 18.8. The maximum absolute atomic E-state index is 12.8. The molecule has 0 N–H and O–H groups in total. The van der Waals surface area contributed by atoms with Crippen molar-refractivity contribution < 1.29 is 28.6 Å². The van der Waals surface area contributed by atoms with Crippen molar-refractivity contribution in [3.63, 3.8) is 0 Å². The highest BCUT2D eigenvalue weighted by Crippen LogP contribution is 2.15. The van der Waals surface area contributed by atoms with Crippen LogP contribution in [0.25, 0.3) is 0 Å². The lowest BCUT2D eigenvalue weighted by atomic mass is 10.0. The van der Waals surface area contributed by atoms with Crippen LogP contribution in [0.2, 0.25) is 0 Å². The third-order valence-corrected chi connectivity index (χ3v) is 12.2. The predicted octanol–water partition coefficient (Wildman–Crippen LogP) is 19.0. The number of allylic oxidation sites excluding steroid dienone is 12. The third-order valence-electron chi connectivity index (χ3n) is 12.2. The summed E-state index contributed by atoms with van der Waals surface area (Å²) in [5, 5.41) is 0. The number of hydrogen-bond acceptors (Lipinski definition) is 6. The Morgan fingerprint density at radius 1 is 0.299 bits per heavy atom. The van der Waals surface area contributed by atoms with Crippen molar-refractivity contribution in [1.29, 1.82) is 0 Å². The van der Waals surface area contributed by atoms with Crippen LogP contribution in [0.5, 0.6) is 0 Å². The Balaban J connectivity index is 4.49. The first-order chi connectivity index (χ1) is 33.0. The lowest BCUT2D eigenvalue weighted by molar-refractivity contribution is -0.166. The quantitative estimate of drug-likeness (QED) is 0.0262. The lowest BCUT2D eigenvalue weighted by Gasteiger charge is -2.18. The van der Waals surface area contributed by atoms with E-state index in [4.69, 9.17) is 14.2 Å². The largest absolute Gasteiger partial charge is 0.462 e. The fourth-order valence-corrected chi connectivity index (χ4v) is 7.89. The third kappa shape index (κ3) is 53.7. The maximum atomic E-state index is 12.8. The van der Waals surface area contributed by atoms with Gasteiger partial charge in [0.1, 0.15) is 13.2 Å². The van der Waals surface area contributed by atoms with E-state index in [1.54, 1.807) is 0 Å². The van der Waals surface area contributed by atoms with Crippen molar-refractivity contribution in [2.45, 2.75) is 284 Å². The van der Waals surface area contributed by atoms with Crippen molar-refractivity contribution in [1.82, 2.24) is 0 Å². The van der Waals surface area contributed by atoms with E-state index in [-0.39, 0.29) is 37.5 Å². The molecule has 0 radical (unpaired) electrons. The predicted molar refractivity (Wildman–Crippen MR) is 288 cm³/mol. The average Bonchev–Trinajstić information content (AvgIpc) is 3.33. The summed E-state index contributed by atoms with van der Waals surface area (Å²) in [7, 11) is 0. The number of ether oxygens (including phenoxy) is 3. The monoisotopic (exact) mass is 935 g/mol. The number of rotatable bonds is 51. The minimum atomic E-state index is -0.815. The van der Waals surface area contributed by atoms with Crippen LogP contribution in [0.1, 0.15) is 278 Å². The molecule has 0 bridgehead atoms. The van der Waals surface area contributed by atoms with Gasteiger partial charge in [0.05, 0.1) is 0 Å². The van der Waals surface area contributed by atoms with Crippen LogP contribution < -0.4 is 0 Å². The van der Waals surface area contributed by atoms with E-state index in [1.807, 2.05) is 6.08 Å². The Bertz CT molecular complexity index is 1260. The molecule has 0 aromatic rings. The number of hydrogen-bond donors (Lipinski definition) is 0. The van der Waals surface area contributed by atoms with E-state index in [2.05, 4.69) is 87.6 Å². The molecule has 0 aliphatic carbocycles. The second-order valence-electron chi connectivity index (χ2n) is 18.8. The van der Waals surface area contributed by atoms with Crippen molar-refractivity contribution >= 4 is 17.9 Å². The minimum absolute atomic E-state index is 0.104. The summed E-state index contributed by atoms with van der Waals surface area (Å²) in [5.74, 6) is -0.983. The van der Waals surface area contributed by atoms with E-state index >= 15 is 0 Å². The highest BCUT2D eigenvalue weighted by atomic mass is 16.6. The SMILES string of the molecule is CCCCC/C=C\C/C=C\C/C=C\C/C=C\C/C=C\CCC(=O)O[C@H](COC(=O)CCCCCCCCC/C=C\CCCCCC)COC(=O)CCCCCCCCCCCCCCCCC. The van der Waals surface area contributed by atoms with Gasteiger partial charge in [0.15, 0.2) is 6.10 Å². The molecular formula is C61H106O6. The smallest absolute Gasteiger partial charge is 0.306 e. The zero-order valence-corrected chi connectivity index (χ0v) is 44.2. The number of esters is 3. The zero-order chi connectivity index (χ0) is 48.6. The van der Waals surface area contributed by atoms with Gasteiger partial charge in [-0.15, -0.1) is 0 Å². The van der Waals surface area contributed by atoms with Gasteiger partial charge < -0.3 is 14.2 Å². The standard InChI is InChI=1S/C61H106O6/c1-4-7-10-13-16-19-22-25-28-29-30-31-34-37-40-43-46-49-52-55-61(64)67-58(56-65-59(62)53-50-47-44-41-38-35-32-26-23-20-17-14-11-8-5-2)57-66-60(63)54-51-48-45-42-39-36-33-27-24-21-18-15-12-9-6-3/h16,19-20,23,25,28,30-31,37,40,46,49,58H,4-15,17-18,21-22,24,26-27,29,32-36,38-39,41-45,47-48,50-57H2,1-3H3/b19-16-,23-20-,28-25-,31-30-,40-37-,49-46-/t58-/m1/s1. The van der Waals surface area contributed by atoms with E-state index in [0.717, 1.165) is 64.2 Å². The maximum Gasteiger partial charge on any atom is 0.306 e. The molecule has 386 valence electrons. The van der Waals surface area contributed by atoms with Crippen LogP contribution in [0.4, 0.5) is 0 Å². The number of carbonyl (C=O) groups excluding carboxylic acids is 3. The van der Waals surface area contributed by atoms with E-state index in [1.165, 1.54) is 167 Å². The lowest BCUT2D eigenvalue weighted by Crippen LogP contribution is -2.30. The topological polar surface area (TPSA) is 78.9 Å². The Morgan fingerprint density at radius 3 is 0.955 bits per heavy atom. The van der Waals surface area contributed by atoms with E-state index < -0.39 is 6.10 Å². The molecule has 0 fully saturated rings. The van der Waals surface area contributed by atoms with Gasteiger partial charge >= 0.3 is 17.9 Å². The molecule has 0 saturated carbocycles. The van der Waals surface area contributed by atoms with Gasteiger partial charge in [-0.2, -0.15) is 0 Å². The normalized spacial score (nSPS) is 12.6. The van der Waals surface area contributed by atoms with Crippen LogP contribution in [0, 0.1) is 0 Å². The Kier molecular flexibility index (Phi) is 52.8. The van der Waals surface area contributed by atoms with Crippen LogP contribution in [-0.4, -0.2) is 37.2 Å². The molecule has 0 rings (SSSR count). The van der Waals surface area contributed by atoms with Crippen LogP contribution in [-0.2, 0) is 28.6 Å². The fourth-order valence-electron chi connectivity index (χ4n) is 7.89. The molecule has 6 heteroatoms. The summed E-state index contributed by atoms with van der Waals surface area (Å²) in [4.78, 5) is 38.1. The average molecular weight is 936 g/mol. The minimum Gasteiger partial charge on any atom is -0.462 e. The molecule has 0 heterocycles. The van der Waals surface area contributed by atoms with Gasteiger partial charge in [-0.25, -0.2) is 0 Å². The molecule has 6 nitrogen and oxygen atoms in total. The summed E-state index contributed by atoms with van der Waals surface area (Å²) in [6.07, 6.45) is 70.4. The fraction of sp³-hybridized carbons (Fsp3) is 0.754. The first-order valence-corrected chi connectivity index (χ1v) is 28.4. The molecule has 0 saturated heterocycles. The Hall–Kier alpha value is -3.15. The molecule has 0 aromatic heterocycles. The van der Waals surface area contributed by atoms with Gasteiger partial charge in [0.2, 0.25) is 0 Å². The molecule has 0 aliphatic rings. The van der Waals surface area contributed by atoms with Gasteiger partial charge in [0.25, 0.3) is 0 Å². The highest BCUT2D eigenvalue weighted by Gasteiger charge is 2.19. The van der Waals surface area contributed by atoms with E-state index in [9.17, 15) is 14.4 Å². The summed E-state index contributed by atoms with van der Waals surface area (Å²) < 4.78 is 16.8. The summed E-state index contributed by atoms with van der Waals surface area (Å²) in [6.45, 7) is 6.55. The van der Waals surface area contributed by atoms with Crippen LogP contribution in [0.3, 0.4) is 0 Å². The van der Waals surface area contributed by atoms with Crippen LogP contribution >= 0.6 is 0 Å². The first-order valence-electron chi connectivity index (χ1n) is 28.4. The molecule has 0 aliphatic heterocycles. The van der Waals surface area contributed by atoms with Gasteiger partial charge in [-0.1, -0.05) is 248 Å². The Labute approximate surface area is 414 Å². The molecule has 0 aromatic carbocycles. The Morgan fingerprint density at radius 2 is 0.567 bits per heavy atom. The molecule has 0 spiro atoms. The number of carbonyl (C=O) groups is 3. The van der Waals surface area contributed by atoms with Gasteiger partial charge in [0, 0.05) is 19.3 Å². The molecule has 1 atom stereocenters. The van der Waals surface area contributed by atoms with Gasteiger partial charge in [-0.05, 0) is 83.5 Å². The second kappa shape index (κ2) is 55.4. The highest BCUT2D eigenvalue weighted by molar-refractivity contribution is 5.71. The summed E-state index contributed by atoms with van der Waals surface area (Å²) in [5.41, 5.74) is 0. The number of unbranched alkanes of at least 4 members (excludes halogenated alkanes) is 28. The van der Waals surface area contributed by atoms with Gasteiger partial charge in [-0.3, -0.25) is 14.4 Å². The van der Waals surface area contributed by atoms with Crippen molar-refractivity contribution in [3.8, 4) is 0 Å². The first kappa shape index (κ1) is 63.8. The molecular weight excluding hydrogens is 829 g/mol. The molecule has 0 unspecified atom stereocenters. The van der Waals surface area contributed by atoms with Crippen molar-refractivity contribution in [2.75, 3.05) is 13.2 Å². The van der Waals surface area contributed by atoms with Crippen molar-refractivity contribution in [3.05, 3.63) is 72.9 Å². The summed E-state index contributed by atoms with van der Waals surface area (Å²) >= 11 is 0. The molecule has 0 amide bonds.